The minimum absolute atomic E-state index is 0.0358. The van der Waals surface area contributed by atoms with Gasteiger partial charge in [-0.2, -0.15) is 0 Å². The number of nitrogens with one attached hydrogen (secondary N) is 1. The second-order valence-corrected chi connectivity index (χ2v) is 3.55. The van der Waals surface area contributed by atoms with Crippen LogP contribution in [0.1, 0.15) is 17.3 Å². The van der Waals surface area contributed by atoms with Crippen LogP contribution in [0.2, 0.25) is 0 Å². The first-order chi connectivity index (χ1) is 6.72. The first-order valence-corrected chi connectivity index (χ1v) is 4.67. The van der Waals surface area contributed by atoms with Crippen molar-refractivity contribution in [2.75, 3.05) is 6.61 Å². The second-order valence-electron chi connectivity index (χ2n) is 3.55. The van der Waals surface area contributed by atoms with E-state index in [4.69, 9.17) is 10.8 Å². The molecule has 3 heteroatoms. The summed E-state index contributed by atoms with van der Waals surface area (Å²) in [6.45, 7) is 2.02. The number of hydrogen-bond donors (Lipinski definition) is 3. The van der Waals surface area contributed by atoms with Crippen LogP contribution in [-0.2, 0) is 0 Å². The van der Waals surface area contributed by atoms with Crippen LogP contribution in [0, 0.1) is 6.92 Å². The Labute approximate surface area is 82.6 Å². The van der Waals surface area contributed by atoms with Crippen LogP contribution in [0.4, 0.5) is 0 Å². The van der Waals surface area contributed by atoms with Crippen LogP contribution in [0.3, 0.4) is 0 Å². The van der Waals surface area contributed by atoms with Gasteiger partial charge in [0.1, 0.15) is 0 Å². The number of fused-ring (bicyclic) bond motifs is 1. The van der Waals surface area contributed by atoms with Gasteiger partial charge in [-0.05, 0) is 24.6 Å². The molecule has 0 saturated carbocycles. The molecule has 2 aromatic rings. The minimum atomic E-state index is -0.318. The molecule has 0 fully saturated rings. The fraction of sp³-hybridized carbons (Fsp3) is 0.273. The molecule has 1 heterocycles. The smallest absolute Gasteiger partial charge is 0.0683 e. The number of aliphatic hydroxyl groups excluding tert-OH is 1. The summed E-state index contributed by atoms with van der Waals surface area (Å²) < 4.78 is 0. The van der Waals surface area contributed by atoms with Gasteiger partial charge in [0.25, 0.3) is 0 Å². The number of aromatic nitrogens is 1. The number of rotatable bonds is 2. The van der Waals surface area contributed by atoms with Gasteiger partial charge in [-0.15, -0.1) is 0 Å². The molecular weight excluding hydrogens is 176 g/mol. The number of aliphatic hydroxyl groups is 1. The van der Waals surface area contributed by atoms with Crippen LogP contribution in [0.5, 0.6) is 0 Å². The number of nitrogens with two attached hydrogens (primary N) is 1. The lowest BCUT2D eigenvalue weighted by molar-refractivity contribution is 0.266. The van der Waals surface area contributed by atoms with E-state index in [2.05, 4.69) is 18.0 Å². The largest absolute Gasteiger partial charge is 0.394 e. The minimum Gasteiger partial charge on any atom is -0.394 e. The third-order valence-electron chi connectivity index (χ3n) is 2.50. The normalized spacial score (nSPS) is 13.4. The third-order valence-corrected chi connectivity index (χ3v) is 2.50. The van der Waals surface area contributed by atoms with Crippen LogP contribution in [0.15, 0.2) is 24.3 Å². The summed E-state index contributed by atoms with van der Waals surface area (Å²) in [5.41, 5.74) is 8.90. The number of H-pyrrole nitrogens is 1. The molecule has 0 amide bonds. The van der Waals surface area contributed by atoms with E-state index >= 15 is 0 Å². The van der Waals surface area contributed by atoms with Gasteiger partial charge >= 0.3 is 0 Å². The fourth-order valence-electron chi connectivity index (χ4n) is 1.63. The van der Waals surface area contributed by atoms with Gasteiger partial charge in [0, 0.05) is 16.6 Å². The third kappa shape index (κ3) is 1.41. The molecule has 0 unspecified atom stereocenters. The molecule has 3 nitrogen and oxygen atoms in total. The van der Waals surface area contributed by atoms with Crippen molar-refractivity contribution in [2.24, 2.45) is 5.73 Å². The summed E-state index contributed by atoms with van der Waals surface area (Å²) in [7, 11) is 0. The van der Waals surface area contributed by atoms with Crippen LogP contribution in [-0.4, -0.2) is 16.7 Å². The molecule has 0 radical (unpaired) electrons. The first-order valence-electron chi connectivity index (χ1n) is 4.67. The van der Waals surface area contributed by atoms with E-state index < -0.39 is 0 Å². The van der Waals surface area contributed by atoms with Gasteiger partial charge in [-0.3, -0.25) is 0 Å². The van der Waals surface area contributed by atoms with Crippen molar-refractivity contribution in [1.82, 2.24) is 4.98 Å². The average Bonchev–Trinajstić information content (AvgIpc) is 2.62. The van der Waals surface area contributed by atoms with Gasteiger partial charge in [0.05, 0.1) is 12.6 Å². The Hall–Kier alpha value is -1.32. The molecule has 0 spiro atoms. The Morgan fingerprint density at radius 3 is 2.93 bits per heavy atom. The summed E-state index contributed by atoms with van der Waals surface area (Å²) in [5, 5.41) is 10.1. The Morgan fingerprint density at radius 1 is 1.50 bits per heavy atom. The van der Waals surface area contributed by atoms with Crippen LogP contribution >= 0.6 is 0 Å². The predicted molar refractivity (Wildman–Crippen MR) is 57.0 cm³/mol. The van der Waals surface area contributed by atoms with Crippen molar-refractivity contribution in [3.05, 3.63) is 35.5 Å². The maximum atomic E-state index is 8.94. The highest BCUT2D eigenvalue weighted by molar-refractivity contribution is 5.83. The van der Waals surface area contributed by atoms with Crippen LogP contribution in [0.25, 0.3) is 10.9 Å². The predicted octanol–water partition coefficient (Wildman–Crippen LogP) is 1.47. The maximum Gasteiger partial charge on any atom is 0.0683 e. The van der Waals surface area contributed by atoms with Gasteiger partial charge in [-0.1, -0.05) is 12.1 Å². The van der Waals surface area contributed by atoms with Gasteiger partial charge < -0.3 is 15.8 Å². The molecule has 0 aliphatic heterocycles. The number of hydrogen-bond acceptors (Lipinski definition) is 2. The van der Waals surface area contributed by atoms with Gasteiger partial charge in [0.2, 0.25) is 0 Å². The quantitative estimate of drug-likeness (QED) is 0.671. The van der Waals surface area contributed by atoms with Crippen molar-refractivity contribution >= 4 is 10.9 Å². The summed E-state index contributed by atoms with van der Waals surface area (Å²) >= 11 is 0. The monoisotopic (exact) mass is 190 g/mol. The van der Waals surface area contributed by atoms with E-state index in [1.807, 2.05) is 18.2 Å². The fourth-order valence-corrected chi connectivity index (χ4v) is 1.63. The van der Waals surface area contributed by atoms with Crippen LogP contribution < -0.4 is 5.73 Å². The maximum absolute atomic E-state index is 8.94. The van der Waals surface area contributed by atoms with E-state index in [0.29, 0.717) is 0 Å². The van der Waals surface area contributed by atoms with Crippen molar-refractivity contribution in [2.45, 2.75) is 13.0 Å². The van der Waals surface area contributed by atoms with Crippen molar-refractivity contribution in [1.29, 1.82) is 0 Å². The molecule has 0 aliphatic carbocycles. The molecule has 14 heavy (non-hydrogen) atoms. The molecule has 1 atom stereocenters. The van der Waals surface area contributed by atoms with Crippen molar-refractivity contribution < 1.29 is 5.11 Å². The lowest BCUT2D eigenvalue weighted by Gasteiger charge is -2.03. The van der Waals surface area contributed by atoms with E-state index in [9.17, 15) is 0 Å². The van der Waals surface area contributed by atoms with Gasteiger partial charge in [0.15, 0.2) is 0 Å². The second kappa shape index (κ2) is 3.44. The Balaban J connectivity index is 2.56. The van der Waals surface area contributed by atoms with E-state index in [0.717, 1.165) is 11.2 Å². The number of benzene rings is 1. The molecule has 1 aromatic carbocycles. The average molecular weight is 190 g/mol. The zero-order chi connectivity index (χ0) is 10.1. The Morgan fingerprint density at radius 2 is 2.29 bits per heavy atom. The zero-order valence-electron chi connectivity index (χ0n) is 8.12. The molecule has 74 valence electrons. The molecule has 1 aromatic heterocycles. The number of aromatic amines is 1. The van der Waals surface area contributed by atoms with E-state index in [-0.39, 0.29) is 12.6 Å². The highest BCUT2D eigenvalue weighted by Crippen LogP contribution is 2.21. The molecule has 0 saturated heterocycles. The number of aryl methyl sites for hydroxylation is 1. The topological polar surface area (TPSA) is 62.0 Å². The standard InChI is InChI=1S/C11H14N2O/c1-7-3-2-4-10-8(7)5-11(13-10)9(12)6-14/h2-5,9,13-14H,6,12H2,1H3/t9-/m1/s1. The Kier molecular flexibility index (Phi) is 2.27. The highest BCUT2D eigenvalue weighted by Gasteiger charge is 2.08. The van der Waals surface area contributed by atoms with Gasteiger partial charge in [-0.25, -0.2) is 0 Å². The Bertz CT molecular complexity index is 447. The summed E-state index contributed by atoms with van der Waals surface area (Å²) in [6, 6.07) is 7.76. The summed E-state index contributed by atoms with van der Waals surface area (Å²) in [4.78, 5) is 3.20. The van der Waals surface area contributed by atoms with E-state index in [1.54, 1.807) is 0 Å². The lowest BCUT2D eigenvalue weighted by atomic mass is 10.1. The summed E-state index contributed by atoms with van der Waals surface area (Å²) in [5.74, 6) is 0. The first kappa shape index (κ1) is 9.24. The van der Waals surface area contributed by atoms with E-state index in [1.165, 1.54) is 10.9 Å². The molecule has 0 aliphatic rings. The summed E-state index contributed by atoms with van der Waals surface area (Å²) in [6.07, 6.45) is 0. The highest BCUT2D eigenvalue weighted by atomic mass is 16.3. The molecule has 4 N–H and O–H groups in total. The zero-order valence-corrected chi connectivity index (χ0v) is 8.12. The molecule has 0 bridgehead atoms. The molecular formula is C11H14N2O. The van der Waals surface area contributed by atoms with Crippen molar-refractivity contribution in [3.8, 4) is 0 Å². The lowest BCUT2D eigenvalue weighted by Crippen LogP contribution is -2.14. The SMILES string of the molecule is Cc1cccc2[nH]c([C@H](N)CO)cc12. The molecule has 2 rings (SSSR count). The van der Waals surface area contributed by atoms with Crippen molar-refractivity contribution in [3.63, 3.8) is 0 Å².